The Morgan fingerprint density at radius 3 is 2.75 bits per heavy atom. The van der Waals surface area contributed by atoms with Crippen molar-refractivity contribution in [2.24, 2.45) is 17.0 Å². The lowest BCUT2D eigenvalue weighted by atomic mass is 9.97. The standard InChI is InChI=1S/C16H20N2O2/c1-11-10-18(8-7-15(11)17-20)16(19)14-9-13(14)12-5-3-2-4-6-12/h2-6,11,13-14,20H,7-10H2,1H3/b17-15+. The molecule has 1 aromatic carbocycles. The van der Waals surface area contributed by atoms with Gasteiger partial charge in [-0.1, -0.05) is 42.4 Å². The summed E-state index contributed by atoms with van der Waals surface area (Å²) >= 11 is 0. The number of benzene rings is 1. The van der Waals surface area contributed by atoms with Crippen LogP contribution in [0.25, 0.3) is 0 Å². The fraction of sp³-hybridized carbons (Fsp3) is 0.500. The number of amides is 1. The van der Waals surface area contributed by atoms with Gasteiger partial charge in [0.25, 0.3) is 0 Å². The van der Waals surface area contributed by atoms with E-state index in [2.05, 4.69) is 17.3 Å². The molecule has 1 aromatic rings. The lowest BCUT2D eigenvalue weighted by Crippen LogP contribution is -2.44. The molecule has 0 aromatic heterocycles. The molecule has 2 aliphatic rings. The molecule has 1 aliphatic heterocycles. The van der Waals surface area contributed by atoms with E-state index in [1.54, 1.807) is 0 Å². The van der Waals surface area contributed by atoms with Crippen molar-refractivity contribution in [2.75, 3.05) is 13.1 Å². The molecule has 1 saturated heterocycles. The third kappa shape index (κ3) is 2.42. The summed E-state index contributed by atoms with van der Waals surface area (Å²) < 4.78 is 0. The van der Waals surface area contributed by atoms with Gasteiger partial charge in [-0.25, -0.2) is 0 Å². The van der Waals surface area contributed by atoms with E-state index < -0.39 is 0 Å². The van der Waals surface area contributed by atoms with Crippen LogP contribution in [0.1, 0.15) is 31.2 Å². The highest BCUT2D eigenvalue weighted by Crippen LogP contribution is 2.48. The van der Waals surface area contributed by atoms with Crippen LogP contribution in [0.3, 0.4) is 0 Å². The quantitative estimate of drug-likeness (QED) is 0.664. The molecular weight excluding hydrogens is 252 g/mol. The van der Waals surface area contributed by atoms with Gasteiger partial charge < -0.3 is 10.1 Å². The van der Waals surface area contributed by atoms with Crippen molar-refractivity contribution in [3.63, 3.8) is 0 Å². The number of likely N-dealkylation sites (tertiary alicyclic amines) is 1. The number of hydrogen-bond acceptors (Lipinski definition) is 3. The van der Waals surface area contributed by atoms with E-state index >= 15 is 0 Å². The number of piperidine rings is 1. The Labute approximate surface area is 119 Å². The van der Waals surface area contributed by atoms with Crippen LogP contribution in [-0.2, 0) is 4.79 Å². The van der Waals surface area contributed by atoms with Gasteiger partial charge in [-0.15, -0.1) is 0 Å². The van der Waals surface area contributed by atoms with Gasteiger partial charge in [0.05, 0.1) is 5.71 Å². The van der Waals surface area contributed by atoms with Crippen LogP contribution < -0.4 is 0 Å². The second kappa shape index (κ2) is 5.27. The number of carbonyl (C=O) groups is 1. The third-order valence-electron chi connectivity index (χ3n) is 4.48. The van der Waals surface area contributed by atoms with Gasteiger partial charge in [-0.3, -0.25) is 4.79 Å². The van der Waals surface area contributed by atoms with Gasteiger partial charge in [0, 0.05) is 31.3 Å². The largest absolute Gasteiger partial charge is 0.411 e. The predicted molar refractivity (Wildman–Crippen MR) is 76.9 cm³/mol. The first-order valence-electron chi connectivity index (χ1n) is 7.25. The molecule has 0 bridgehead atoms. The van der Waals surface area contributed by atoms with E-state index in [1.165, 1.54) is 5.56 Å². The lowest BCUT2D eigenvalue weighted by molar-refractivity contribution is -0.133. The molecule has 1 N–H and O–H groups in total. The molecule has 20 heavy (non-hydrogen) atoms. The third-order valence-corrected chi connectivity index (χ3v) is 4.48. The summed E-state index contributed by atoms with van der Waals surface area (Å²) in [7, 11) is 0. The minimum atomic E-state index is 0.150. The van der Waals surface area contributed by atoms with E-state index in [0.717, 1.165) is 12.1 Å². The Balaban J connectivity index is 1.62. The maximum Gasteiger partial charge on any atom is 0.226 e. The van der Waals surface area contributed by atoms with Crippen LogP contribution in [0.2, 0.25) is 0 Å². The zero-order valence-electron chi connectivity index (χ0n) is 11.7. The van der Waals surface area contributed by atoms with Crippen molar-refractivity contribution in [1.29, 1.82) is 0 Å². The van der Waals surface area contributed by atoms with Crippen LogP contribution >= 0.6 is 0 Å². The van der Waals surface area contributed by atoms with Crippen molar-refractivity contribution in [3.8, 4) is 0 Å². The number of oxime groups is 1. The molecule has 1 aliphatic carbocycles. The lowest BCUT2D eigenvalue weighted by Gasteiger charge is -2.31. The summed E-state index contributed by atoms with van der Waals surface area (Å²) in [4.78, 5) is 14.4. The summed E-state index contributed by atoms with van der Waals surface area (Å²) in [5.74, 6) is 0.971. The van der Waals surface area contributed by atoms with E-state index in [0.29, 0.717) is 25.4 Å². The Morgan fingerprint density at radius 1 is 1.35 bits per heavy atom. The van der Waals surface area contributed by atoms with Gasteiger partial charge in [0.15, 0.2) is 0 Å². The molecule has 1 saturated carbocycles. The highest BCUT2D eigenvalue weighted by atomic mass is 16.4. The molecular formula is C16H20N2O2. The number of hydrogen-bond donors (Lipinski definition) is 1. The Bertz CT molecular complexity index is 527. The molecule has 3 rings (SSSR count). The Kier molecular flexibility index (Phi) is 3.47. The molecule has 2 fully saturated rings. The van der Waals surface area contributed by atoms with E-state index in [9.17, 15) is 4.79 Å². The number of nitrogens with zero attached hydrogens (tertiary/aromatic N) is 2. The van der Waals surface area contributed by atoms with Gasteiger partial charge >= 0.3 is 0 Å². The van der Waals surface area contributed by atoms with Crippen LogP contribution in [0.4, 0.5) is 0 Å². The van der Waals surface area contributed by atoms with Crippen LogP contribution in [-0.4, -0.2) is 34.8 Å². The smallest absolute Gasteiger partial charge is 0.226 e. The van der Waals surface area contributed by atoms with Gasteiger partial charge in [-0.05, 0) is 17.9 Å². The van der Waals surface area contributed by atoms with Gasteiger partial charge in [0.2, 0.25) is 5.91 Å². The average Bonchev–Trinajstić information content (AvgIpc) is 3.28. The number of rotatable bonds is 2. The first kappa shape index (κ1) is 13.2. The van der Waals surface area contributed by atoms with E-state index in [-0.39, 0.29) is 17.7 Å². The highest BCUT2D eigenvalue weighted by molar-refractivity contribution is 5.90. The van der Waals surface area contributed by atoms with E-state index in [4.69, 9.17) is 5.21 Å². The molecule has 4 nitrogen and oxygen atoms in total. The summed E-state index contributed by atoms with van der Waals surface area (Å²) in [5, 5.41) is 12.2. The van der Waals surface area contributed by atoms with Gasteiger partial charge in [0.1, 0.15) is 0 Å². The zero-order chi connectivity index (χ0) is 14.1. The predicted octanol–water partition coefficient (Wildman–Crippen LogP) is 2.49. The normalized spacial score (nSPS) is 31.4. The average molecular weight is 272 g/mol. The summed E-state index contributed by atoms with van der Waals surface area (Å²) in [6.07, 6.45) is 1.65. The molecule has 0 radical (unpaired) electrons. The summed E-state index contributed by atoms with van der Waals surface area (Å²) in [5.41, 5.74) is 2.08. The van der Waals surface area contributed by atoms with Crippen LogP contribution in [0, 0.1) is 11.8 Å². The first-order valence-corrected chi connectivity index (χ1v) is 7.25. The van der Waals surface area contributed by atoms with Crippen LogP contribution in [0.5, 0.6) is 0 Å². The second-order valence-corrected chi connectivity index (χ2v) is 5.89. The molecule has 106 valence electrons. The topological polar surface area (TPSA) is 52.9 Å². The van der Waals surface area contributed by atoms with Crippen molar-refractivity contribution < 1.29 is 10.0 Å². The van der Waals surface area contributed by atoms with Crippen LogP contribution in [0.15, 0.2) is 35.5 Å². The van der Waals surface area contributed by atoms with Crippen molar-refractivity contribution >= 4 is 11.6 Å². The minimum absolute atomic E-state index is 0.150. The minimum Gasteiger partial charge on any atom is -0.411 e. The number of carbonyl (C=O) groups excluding carboxylic acids is 1. The SMILES string of the molecule is CC1CN(C(=O)C2CC2c2ccccc2)CC/C1=N\O. The highest BCUT2D eigenvalue weighted by Gasteiger charge is 2.46. The first-order chi connectivity index (χ1) is 9.70. The fourth-order valence-corrected chi connectivity index (χ4v) is 3.14. The maximum absolute atomic E-state index is 12.5. The molecule has 0 spiro atoms. The molecule has 3 unspecified atom stereocenters. The van der Waals surface area contributed by atoms with Crippen molar-refractivity contribution in [3.05, 3.63) is 35.9 Å². The van der Waals surface area contributed by atoms with Gasteiger partial charge in [-0.2, -0.15) is 0 Å². The second-order valence-electron chi connectivity index (χ2n) is 5.89. The fourth-order valence-electron chi connectivity index (χ4n) is 3.14. The maximum atomic E-state index is 12.5. The van der Waals surface area contributed by atoms with Crippen molar-refractivity contribution in [2.45, 2.75) is 25.7 Å². The molecule has 1 heterocycles. The summed E-state index contributed by atoms with van der Waals surface area (Å²) in [6.45, 7) is 3.37. The monoisotopic (exact) mass is 272 g/mol. The van der Waals surface area contributed by atoms with Crippen molar-refractivity contribution in [1.82, 2.24) is 4.90 Å². The Morgan fingerprint density at radius 2 is 2.10 bits per heavy atom. The Hall–Kier alpha value is -1.84. The molecule has 4 heteroatoms. The zero-order valence-corrected chi connectivity index (χ0v) is 11.7. The van der Waals surface area contributed by atoms with E-state index in [1.807, 2.05) is 30.0 Å². The summed E-state index contributed by atoms with van der Waals surface area (Å²) in [6, 6.07) is 10.3. The molecule has 1 amide bonds. The molecule has 3 atom stereocenters.